The van der Waals surface area contributed by atoms with E-state index < -0.39 is 24.1 Å². The fraction of sp³-hybridized carbons (Fsp3) is 0.429. The minimum atomic E-state index is -0.834. The lowest BCUT2D eigenvalue weighted by Crippen LogP contribution is -2.44. The molecule has 1 aliphatic heterocycles. The minimum absolute atomic E-state index is 0.0810. The van der Waals surface area contributed by atoms with Crippen molar-refractivity contribution in [1.29, 1.82) is 0 Å². The topological polar surface area (TPSA) is 88.6 Å². The number of rotatable bonds is 4. The first-order valence-corrected chi connectivity index (χ1v) is 10.0. The van der Waals surface area contributed by atoms with Crippen molar-refractivity contribution in [1.82, 2.24) is 15.2 Å². The third-order valence-electron chi connectivity index (χ3n) is 5.92. The molecule has 0 atom stereocenters. The Hall–Kier alpha value is -2.67. The van der Waals surface area contributed by atoms with Crippen molar-refractivity contribution < 1.29 is 19.1 Å². The maximum absolute atomic E-state index is 12.6. The molecule has 4 rings (SSSR count). The molecule has 1 aromatic carbocycles. The number of urea groups is 1. The van der Waals surface area contributed by atoms with Gasteiger partial charge in [-0.25, -0.2) is 9.78 Å². The van der Waals surface area contributed by atoms with Gasteiger partial charge < -0.3 is 10.1 Å². The maximum Gasteiger partial charge on any atom is 0.326 e. The Morgan fingerprint density at radius 1 is 1.28 bits per heavy atom. The Morgan fingerprint density at radius 3 is 2.72 bits per heavy atom. The highest BCUT2D eigenvalue weighted by atomic mass is 35.5. The number of nitrogens with one attached hydrogen (secondary N) is 1. The Labute approximate surface area is 173 Å². The van der Waals surface area contributed by atoms with Crippen molar-refractivity contribution >= 4 is 40.4 Å². The van der Waals surface area contributed by atoms with Gasteiger partial charge in [-0.3, -0.25) is 14.5 Å². The van der Waals surface area contributed by atoms with Crippen molar-refractivity contribution in [3.05, 3.63) is 40.0 Å². The lowest BCUT2D eigenvalue weighted by atomic mass is 9.98. The number of benzene rings is 1. The molecular weight excluding hydrogens is 394 g/mol. The highest BCUT2D eigenvalue weighted by Crippen LogP contribution is 2.35. The standard InChI is InChI=1S/C21H22ClN3O4/c1-12-5-6-14-9-15(18(22)23-17(14)13(12)2)11-29-16(26)10-25-19(27)21(24-20(25)28)7-3-4-8-21/h5-6,9H,3-4,7-8,10-11H2,1-2H3,(H,24,28). The van der Waals surface area contributed by atoms with Crippen LogP contribution in [-0.2, 0) is 20.9 Å². The Balaban J connectivity index is 1.43. The van der Waals surface area contributed by atoms with Gasteiger partial charge in [0.2, 0.25) is 0 Å². The number of esters is 1. The maximum atomic E-state index is 12.6. The minimum Gasteiger partial charge on any atom is -0.459 e. The van der Waals surface area contributed by atoms with Crippen LogP contribution in [-0.4, -0.2) is 39.9 Å². The number of pyridine rings is 1. The summed E-state index contributed by atoms with van der Waals surface area (Å²) in [5.41, 5.74) is 2.71. The first-order valence-electron chi connectivity index (χ1n) is 9.66. The summed E-state index contributed by atoms with van der Waals surface area (Å²) >= 11 is 6.28. The van der Waals surface area contributed by atoms with Crippen LogP contribution in [0, 0.1) is 13.8 Å². The third kappa shape index (κ3) is 3.44. The van der Waals surface area contributed by atoms with E-state index in [0.29, 0.717) is 18.4 Å². The van der Waals surface area contributed by atoms with Crippen molar-refractivity contribution in [3.8, 4) is 0 Å². The smallest absolute Gasteiger partial charge is 0.326 e. The number of fused-ring (bicyclic) bond motifs is 1. The van der Waals surface area contributed by atoms with E-state index in [1.165, 1.54) is 0 Å². The fourth-order valence-corrected chi connectivity index (χ4v) is 4.27. The predicted molar refractivity (Wildman–Crippen MR) is 107 cm³/mol. The molecule has 7 nitrogen and oxygen atoms in total. The molecule has 3 amide bonds. The van der Waals surface area contributed by atoms with Gasteiger partial charge in [-0.15, -0.1) is 0 Å². The second-order valence-corrected chi connectivity index (χ2v) is 8.15. The number of aromatic nitrogens is 1. The van der Waals surface area contributed by atoms with E-state index in [1.807, 2.05) is 32.0 Å². The molecule has 1 spiro atoms. The van der Waals surface area contributed by atoms with Crippen LogP contribution < -0.4 is 5.32 Å². The van der Waals surface area contributed by atoms with Gasteiger partial charge in [0, 0.05) is 10.9 Å². The van der Waals surface area contributed by atoms with E-state index >= 15 is 0 Å². The number of carbonyl (C=O) groups is 3. The third-order valence-corrected chi connectivity index (χ3v) is 6.24. The number of halogens is 1. The molecule has 29 heavy (non-hydrogen) atoms. The van der Waals surface area contributed by atoms with Crippen LogP contribution in [0.25, 0.3) is 10.9 Å². The van der Waals surface area contributed by atoms with Crippen molar-refractivity contribution in [2.75, 3.05) is 6.54 Å². The Bertz CT molecular complexity index is 1030. The summed E-state index contributed by atoms with van der Waals surface area (Å²) in [6.45, 7) is 3.49. The summed E-state index contributed by atoms with van der Waals surface area (Å²) in [4.78, 5) is 42.4. The number of carbonyl (C=O) groups excluding carboxylic acids is 3. The molecule has 0 bridgehead atoms. The van der Waals surface area contributed by atoms with Crippen LogP contribution in [0.3, 0.4) is 0 Å². The average Bonchev–Trinajstić information content (AvgIpc) is 3.24. The van der Waals surface area contributed by atoms with Gasteiger partial charge >= 0.3 is 12.0 Å². The molecule has 1 N–H and O–H groups in total. The molecular formula is C21H22ClN3O4. The summed E-state index contributed by atoms with van der Waals surface area (Å²) in [7, 11) is 0. The van der Waals surface area contributed by atoms with E-state index in [4.69, 9.17) is 16.3 Å². The number of ether oxygens (including phenoxy) is 1. The first-order chi connectivity index (χ1) is 13.8. The van der Waals surface area contributed by atoms with E-state index in [0.717, 1.165) is 39.8 Å². The van der Waals surface area contributed by atoms with E-state index in [2.05, 4.69) is 10.3 Å². The molecule has 1 saturated heterocycles. The molecule has 0 radical (unpaired) electrons. The van der Waals surface area contributed by atoms with Crippen LogP contribution >= 0.6 is 11.6 Å². The molecule has 1 aliphatic carbocycles. The van der Waals surface area contributed by atoms with Gasteiger partial charge in [0.05, 0.1) is 5.52 Å². The summed E-state index contributed by atoms with van der Waals surface area (Å²) in [6.07, 6.45) is 2.99. The monoisotopic (exact) mass is 415 g/mol. The zero-order valence-electron chi connectivity index (χ0n) is 16.4. The fourth-order valence-electron chi connectivity index (χ4n) is 4.08. The molecule has 2 fully saturated rings. The first kappa shape index (κ1) is 19.6. The molecule has 2 aromatic rings. The van der Waals surface area contributed by atoms with Gasteiger partial charge in [0.25, 0.3) is 5.91 Å². The number of hydrogen-bond donors (Lipinski definition) is 1. The molecule has 1 saturated carbocycles. The molecule has 152 valence electrons. The van der Waals surface area contributed by atoms with Gasteiger partial charge in [-0.1, -0.05) is 36.6 Å². The second kappa shape index (κ2) is 7.30. The summed E-state index contributed by atoms with van der Waals surface area (Å²) < 4.78 is 5.28. The normalized spacial score (nSPS) is 18.0. The van der Waals surface area contributed by atoms with Gasteiger partial charge in [-0.05, 0) is 43.9 Å². The van der Waals surface area contributed by atoms with E-state index in [9.17, 15) is 14.4 Å². The molecule has 8 heteroatoms. The van der Waals surface area contributed by atoms with Gasteiger partial charge in [-0.2, -0.15) is 0 Å². The van der Waals surface area contributed by atoms with Crippen molar-refractivity contribution in [2.24, 2.45) is 0 Å². The summed E-state index contributed by atoms with van der Waals surface area (Å²) in [5, 5.41) is 3.91. The van der Waals surface area contributed by atoms with Crippen LogP contribution in [0.15, 0.2) is 18.2 Å². The quantitative estimate of drug-likeness (QED) is 0.469. The average molecular weight is 416 g/mol. The van der Waals surface area contributed by atoms with Crippen LogP contribution in [0.2, 0.25) is 5.15 Å². The molecule has 1 aromatic heterocycles. The molecule has 2 heterocycles. The Kier molecular flexibility index (Phi) is 4.94. The van der Waals surface area contributed by atoms with Crippen molar-refractivity contribution in [3.63, 3.8) is 0 Å². The van der Waals surface area contributed by atoms with Gasteiger partial charge in [0.1, 0.15) is 23.8 Å². The highest BCUT2D eigenvalue weighted by Gasteiger charge is 2.52. The highest BCUT2D eigenvalue weighted by molar-refractivity contribution is 6.30. The predicted octanol–water partition coefficient (Wildman–Crippen LogP) is 3.41. The number of aryl methyl sites for hydroxylation is 2. The van der Waals surface area contributed by atoms with E-state index in [1.54, 1.807) is 0 Å². The lowest BCUT2D eigenvalue weighted by molar-refractivity contribution is -0.148. The molecule has 0 unspecified atom stereocenters. The van der Waals surface area contributed by atoms with Crippen LogP contribution in [0.1, 0.15) is 42.4 Å². The number of hydrogen-bond acceptors (Lipinski definition) is 5. The number of nitrogens with zero attached hydrogens (tertiary/aromatic N) is 2. The van der Waals surface area contributed by atoms with Crippen LogP contribution in [0.4, 0.5) is 4.79 Å². The lowest BCUT2D eigenvalue weighted by Gasteiger charge is -2.19. The van der Waals surface area contributed by atoms with Gasteiger partial charge in [0.15, 0.2) is 0 Å². The van der Waals surface area contributed by atoms with E-state index in [-0.39, 0.29) is 17.7 Å². The SMILES string of the molecule is Cc1ccc2cc(COC(=O)CN3C(=O)NC4(CCCC4)C3=O)c(Cl)nc2c1C. The molecule has 2 aliphatic rings. The number of imide groups is 1. The van der Waals surface area contributed by atoms with Crippen molar-refractivity contribution in [2.45, 2.75) is 51.7 Å². The Morgan fingerprint density at radius 2 is 2.00 bits per heavy atom. The summed E-state index contributed by atoms with van der Waals surface area (Å²) in [5.74, 6) is -1.01. The van der Waals surface area contributed by atoms with Crippen LogP contribution in [0.5, 0.6) is 0 Å². The summed E-state index contributed by atoms with van der Waals surface area (Å²) in [6, 6.07) is 5.25. The largest absolute Gasteiger partial charge is 0.459 e. The zero-order chi connectivity index (χ0) is 20.8. The zero-order valence-corrected chi connectivity index (χ0v) is 17.1. The second-order valence-electron chi connectivity index (χ2n) is 7.79. The number of amides is 3.